The number of ether oxygens (including phenoxy) is 1. The highest BCUT2D eigenvalue weighted by Crippen LogP contribution is 2.23. The van der Waals surface area contributed by atoms with Crippen LogP contribution in [0.1, 0.15) is 11.1 Å². The number of nitrogens with zero attached hydrogens (tertiary/aromatic N) is 3. The van der Waals surface area contributed by atoms with Crippen molar-refractivity contribution in [1.82, 2.24) is 14.5 Å². The van der Waals surface area contributed by atoms with Crippen LogP contribution in [-0.4, -0.2) is 23.0 Å². The van der Waals surface area contributed by atoms with Gasteiger partial charge in [-0.1, -0.05) is 29.8 Å². The summed E-state index contributed by atoms with van der Waals surface area (Å²) in [6.07, 6.45) is 5.19. The van der Waals surface area contributed by atoms with Crippen molar-refractivity contribution in [2.45, 2.75) is 12.7 Å². The van der Waals surface area contributed by atoms with Crippen molar-refractivity contribution in [3.63, 3.8) is 0 Å². The Morgan fingerprint density at radius 1 is 0.967 bits per heavy atom. The molecule has 1 N–H and O–H groups in total. The molecule has 0 aliphatic rings. The standard InChI is InChI=1S/C22H20N4O3S/c1-17-4-6-18(7-5-17)15-30(27,28)25-19-8-10-20(11-9-19)29-22-14-21(23-16-24-22)26-12-2-3-13-26/h2-14,16,25H,15H2,1H3. The molecule has 4 rings (SSSR count). The van der Waals surface area contributed by atoms with Gasteiger partial charge in [0.05, 0.1) is 5.75 Å². The van der Waals surface area contributed by atoms with Gasteiger partial charge in [-0.3, -0.25) is 4.72 Å². The fourth-order valence-corrected chi connectivity index (χ4v) is 4.04. The van der Waals surface area contributed by atoms with Crippen LogP contribution in [0.5, 0.6) is 11.6 Å². The minimum atomic E-state index is -3.52. The van der Waals surface area contributed by atoms with Crippen LogP contribution in [0.15, 0.2) is 85.5 Å². The first kappa shape index (κ1) is 19.7. The SMILES string of the molecule is Cc1ccc(CS(=O)(=O)Nc2ccc(Oc3cc(-n4cccc4)ncn3)cc2)cc1. The Morgan fingerprint density at radius 2 is 1.67 bits per heavy atom. The molecule has 0 unspecified atom stereocenters. The molecule has 30 heavy (non-hydrogen) atoms. The third-order valence-corrected chi connectivity index (χ3v) is 5.58. The lowest BCUT2D eigenvalue weighted by Crippen LogP contribution is -2.15. The highest BCUT2D eigenvalue weighted by atomic mass is 32.2. The van der Waals surface area contributed by atoms with Gasteiger partial charge in [-0.15, -0.1) is 0 Å². The van der Waals surface area contributed by atoms with Gasteiger partial charge in [-0.25, -0.2) is 18.4 Å². The second-order valence-electron chi connectivity index (χ2n) is 6.78. The minimum absolute atomic E-state index is 0.0887. The van der Waals surface area contributed by atoms with Crippen LogP contribution in [0.3, 0.4) is 0 Å². The Bertz CT molecular complexity index is 1220. The molecular weight excluding hydrogens is 400 g/mol. The van der Waals surface area contributed by atoms with Crippen molar-refractivity contribution < 1.29 is 13.2 Å². The average Bonchev–Trinajstić information content (AvgIpc) is 3.26. The lowest BCUT2D eigenvalue weighted by atomic mass is 10.2. The van der Waals surface area contributed by atoms with E-state index in [1.807, 2.05) is 60.3 Å². The zero-order chi connectivity index (χ0) is 21.0. The Kier molecular flexibility index (Phi) is 5.49. The second-order valence-corrected chi connectivity index (χ2v) is 8.50. The molecule has 0 fully saturated rings. The molecule has 2 aromatic heterocycles. The molecular formula is C22H20N4O3S. The number of aromatic nitrogens is 3. The van der Waals surface area contributed by atoms with E-state index in [4.69, 9.17) is 4.74 Å². The Labute approximate surface area is 175 Å². The molecule has 4 aromatic rings. The predicted molar refractivity (Wildman–Crippen MR) is 115 cm³/mol. The molecule has 0 spiro atoms. The summed E-state index contributed by atoms with van der Waals surface area (Å²) in [6, 6.07) is 19.6. The fourth-order valence-electron chi connectivity index (χ4n) is 2.85. The average molecular weight is 420 g/mol. The second kappa shape index (κ2) is 8.38. The molecule has 2 aromatic carbocycles. The van der Waals surface area contributed by atoms with Crippen LogP contribution >= 0.6 is 0 Å². The third-order valence-electron chi connectivity index (χ3n) is 4.32. The van der Waals surface area contributed by atoms with Crippen LogP contribution in [0, 0.1) is 6.92 Å². The smallest absolute Gasteiger partial charge is 0.236 e. The minimum Gasteiger partial charge on any atom is -0.439 e. The molecule has 7 nitrogen and oxygen atoms in total. The highest BCUT2D eigenvalue weighted by molar-refractivity contribution is 7.91. The van der Waals surface area contributed by atoms with Gasteiger partial charge >= 0.3 is 0 Å². The molecule has 0 radical (unpaired) electrons. The summed E-state index contributed by atoms with van der Waals surface area (Å²) in [5, 5.41) is 0. The monoisotopic (exact) mass is 420 g/mol. The molecule has 152 valence electrons. The van der Waals surface area contributed by atoms with Gasteiger partial charge in [0.1, 0.15) is 17.9 Å². The molecule has 0 amide bonds. The number of benzene rings is 2. The number of anilines is 1. The van der Waals surface area contributed by atoms with E-state index in [1.54, 1.807) is 30.3 Å². The summed E-state index contributed by atoms with van der Waals surface area (Å²) in [6.45, 7) is 1.96. The number of hydrogen-bond acceptors (Lipinski definition) is 5. The molecule has 0 bridgehead atoms. The third kappa shape index (κ3) is 5.03. The van der Waals surface area contributed by atoms with E-state index in [0.717, 1.165) is 11.1 Å². The van der Waals surface area contributed by atoms with Crippen LogP contribution in [0.2, 0.25) is 0 Å². The fraction of sp³-hybridized carbons (Fsp3) is 0.0909. The van der Waals surface area contributed by atoms with Gasteiger partial charge in [0.2, 0.25) is 15.9 Å². The summed E-state index contributed by atoms with van der Waals surface area (Å²) in [4.78, 5) is 8.33. The van der Waals surface area contributed by atoms with Gasteiger partial charge in [0.25, 0.3) is 0 Å². The van der Waals surface area contributed by atoms with Crippen molar-refractivity contribution in [3.05, 3.63) is 96.6 Å². The first-order valence-electron chi connectivity index (χ1n) is 9.26. The van der Waals surface area contributed by atoms with Gasteiger partial charge in [-0.2, -0.15) is 0 Å². The Morgan fingerprint density at radius 3 is 2.37 bits per heavy atom. The lowest BCUT2D eigenvalue weighted by molar-refractivity contribution is 0.461. The first-order chi connectivity index (χ1) is 14.5. The zero-order valence-electron chi connectivity index (χ0n) is 16.3. The topological polar surface area (TPSA) is 86.1 Å². The van der Waals surface area contributed by atoms with E-state index >= 15 is 0 Å². The maximum atomic E-state index is 12.4. The van der Waals surface area contributed by atoms with Gasteiger partial charge in [0, 0.05) is 24.1 Å². The molecule has 8 heteroatoms. The molecule has 0 saturated carbocycles. The number of sulfonamides is 1. The maximum Gasteiger partial charge on any atom is 0.236 e. The largest absolute Gasteiger partial charge is 0.439 e. The predicted octanol–water partition coefficient (Wildman–Crippen LogP) is 4.31. The molecule has 2 heterocycles. The summed E-state index contributed by atoms with van der Waals surface area (Å²) in [7, 11) is -3.52. The number of nitrogens with one attached hydrogen (secondary N) is 1. The Hall–Kier alpha value is -3.65. The maximum absolute atomic E-state index is 12.4. The molecule has 0 aliphatic carbocycles. The van der Waals surface area contributed by atoms with E-state index in [-0.39, 0.29) is 5.75 Å². The summed E-state index contributed by atoms with van der Waals surface area (Å²) in [5.41, 5.74) is 2.28. The number of hydrogen-bond donors (Lipinski definition) is 1. The number of aryl methyl sites for hydroxylation is 1. The van der Waals surface area contributed by atoms with Crippen LogP contribution in [-0.2, 0) is 15.8 Å². The van der Waals surface area contributed by atoms with Gasteiger partial charge in [-0.05, 0) is 48.9 Å². The van der Waals surface area contributed by atoms with Crippen molar-refractivity contribution in [2.24, 2.45) is 0 Å². The first-order valence-corrected chi connectivity index (χ1v) is 10.9. The van der Waals surface area contributed by atoms with E-state index in [2.05, 4.69) is 14.7 Å². The normalized spacial score (nSPS) is 11.2. The van der Waals surface area contributed by atoms with E-state index < -0.39 is 10.0 Å². The molecule has 0 atom stereocenters. The van der Waals surface area contributed by atoms with E-state index in [1.165, 1.54) is 6.33 Å². The summed E-state index contributed by atoms with van der Waals surface area (Å²) < 4.78 is 35.0. The van der Waals surface area contributed by atoms with E-state index in [0.29, 0.717) is 23.1 Å². The Balaban J connectivity index is 1.42. The lowest BCUT2D eigenvalue weighted by Gasteiger charge is -2.10. The van der Waals surface area contributed by atoms with Gasteiger partial charge < -0.3 is 9.30 Å². The highest BCUT2D eigenvalue weighted by Gasteiger charge is 2.12. The zero-order valence-corrected chi connectivity index (χ0v) is 17.1. The van der Waals surface area contributed by atoms with Crippen molar-refractivity contribution >= 4 is 15.7 Å². The van der Waals surface area contributed by atoms with E-state index in [9.17, 15) is 8.42 Å². The molecule has 0 saturated heterocycles. The van der Waals surface area contributed by atoms with Crippen molar-refractivity contribution in [1.29, 1.82) is 0 Å². The quantitative estimate of drug-likeness (QED) is 0.481. The number of rotatable bonds is 7. The summed E-state index contributed by atoms with van der Waals surface area (Å²) >= 11 is 0. The van der Waals surface area contributed by atoms with Crippen LogP contribution in [0.25, 0.3) is 5.82 Å². The van der Waals surface area contributed by atoms with Crippen LogP contribution < -0.4 is 9.46 Å². The summed E-state index contributed by atoms with van der Waals surface area (Å²) in [5.74, 6) is 1.52. The van der Waals surface area contributed by atoms with Crippen molar-refractivity contribution in [3.8, 4) is 17.4 Å². The van der Waals surface area contributed by atoms with Gasteiger partial charge in [0.15, 0.2) is 0 Å². The van der Waals surface area contributed by atoms with Crippen molar-refractivity contribution in [2.75, 3.05) is 4.72 Å². The van der Waals surface area contributed by atoms with Crippen LogP contribution in [0.4, 0.5) is 5.69 Å². The molecule has 0 aliphatic heterocycles.